The molecule has 2 saturated heterocycles. The number of likely N-dealkylation sites (N-methyl/N-ethyl adjacent to an activating group) is 1. The van der Waals surface area contributed by atoms with Gasteiger partial charge in [-0.25, -0.2) is 0 Å². The van der Waals surface area contributed by atoms with Gasteiger partial charge in [0.05, 0.1) is 11.0 Å². The highest BCUT2D eigenvalue weighted by Crippen LogP contribution is 2.49. The number of nitrogens with zero attached hydrogens (tertiary/aromatic N) is 2. The van der Waals surface area contributed by atoms with Crippen LogP contribution >= 0.6 is 0 Å². The number of amides is 3. The molecule has 38 heavy (non-hydrogen) atoms. The second kappa shape index (κ2) is 10.2. The van der Waals surface area contributed by atoms with Gasteiger partial charge in [0.2, 0.25) is 17.7 Å². The van der Waals surface area contributed by atoms with Gasteiger partial charge in [-0.1, -0.05) is 54.6 Å². The zero-order valence-electron chi connectivity index (χ0n) is 22.8. The van der Waals surface area contributed by atoms with Crippen molar-refractivity contribution in [2.75, 3.05) is 26.7 Å². The molecular formula is C31H40N4O3. The van der Waals surface area contributed by atoms with E-state index in [1.54, 1.807) is 13.8 Å². The molecule has 2 aliphatic heterocycles. The van der Waals surface area contributed by atoms with Crippen molar-refractivity contribution in [2.45, 2.75) is 63.5 Å². The van der Waals surface area contributed by atoms with Gasteiger partial charge in [-0.05, 0) is 68.6 Å². The number of piperidine rings is 1. The Morgan fingerprint density at radius 1 is 1.08 bits per heavy atom. The molecule has 2 aromatic rings. The summed E-state index contributed by atoms with van der Waals surface area (Å²) in [5, 5.41) is 3.00. The number of fused-ring (bicyclic) bond motifs is 1. The third-order valence-electron chi connectivity index (χ3n) is 8.83. The minimum Gasteiger partial charge on any atom is -0.345 e. The Bertz CT molecular complexity index is 1180. The van der Waals surface area contributed by atoms with Crippen molar-refractivity contribution in [3.8, 4) is 0 Å². The fourth-order valence-corrected chi connectivity index (χ4v) is 6.84. The summed E-state index contributed by atoms with van der Waals surface area (Å²) in [6.45, 7) is 4.91. The maximum atomic E-state index is 14.1. The predicted molar refractivity (Wildman–Crippen MR) is 147 cm³/mol. The normalized spacial score (nSPS) is 24.5. The Morgan fingerprint density at radius 2 is 1.71 bits per heavy atom. The Balaban J connectivity index is 1.39. The van der Waals surface area contributed by atoms with E-state index in [2.05, 4.69) is 41.7 Å². The van der Waals surface area contributed by atoms with E-state index in [4.69, 9.17) is 5.73 Å². The summed E-state index contributed by atoms with van der Waals surface area (Å²) < 4.78 is 0. The number of nitrogens with one attached hydrogen (secondary N) is 1. The average molecular weight is 517 g/mol. The molecular weight excluding hydrogens is 476 g/mol. The molecule has 202 valence electrons. The lowest BCUT2D eigenvalue weighted by Crippen LogP contribution is -2.59. The molecule has 0 bridgehead atoms. The lowest BCUT2D eigenvalue weighted by atomic mass is 9.69. The van der Waals surface area contributed by atoms with E-state index in [0.717, 1.165) is 31.2 Å². The first kappa shape index (κ1) is 26.4. The molecule has 7 nitrogen and oxygen atoms in total. The third-order valence-corrected chi connectivity index (χ3v) is 8.83. The van der Waals surface area contributed by atoms with Crippen LogP contribution in [0.25, 0.3) is 0 Å². The lowest BCUT2D eigenvalue weighted by molar-refractivity contribution is -0.146. The first-order chi connectivity index (χ1) is 18.1. The second-order valence-corrected chi connectivity index (χ2v) is 12.2. The molecule has 3 N–H and O–H groups in total. The SMILES string of the molecule is CN1C[C@@H](c2ccccc2)[C@@]2(CCCN(C(=O)[C@@H](CC3Cc4ccccc4C3)NC(=O)C(C)(C)N)C2)C1=O. The molecule has 2 fully saturated rings. The largest absolute Gasteiger partial charge is 0.345 e. The summed E-state index contributed by atoms with van der Waals surface area (Å²) in [5.41, 5.74) is 8.14. The predicted octanol–water partition coefficient (Wildman–Crippen LogP) is 2.88. The standard InChI is InChI=1S/C31H40N4O3/c1-30(2,32)28(37)33-26(18-21-16-23-12-7-8-13-24(23)17-21)27(36)35-15-9-14-31(20-35)25(19-34(3)29(31)38)22-10-5-4-6-11-22/h4-8,10-13,21,25-26H,9,14-20,32H2,1-3H3,(H,33,37)/t25-,26+,31-/m0/s1. The van der Waals surface area contributed by atoms with Crippen molar-refractivity contribution in [1.29, 1.82) is 0 Å². The minimum absolute atomic E-state index is 0.0251. The molecule has 3 aliphatic rings. The van der Waals surface area contributed by atoms with Crippen molar-refractivity contribution < 1.29 is 14.4 Å². The molecule has 0 saturated carbocycles. The first-order valence-electron chi connectivity index (χ1n) is 13.8. The number of hydrogen-bond donors (Lipinski definition) is 2. The number of hydrogen-bond acceptors (Lipinski definition) is 4. The third kappa shape index (κ3) is 4.96. The number of carbonyl (C=O) groups is 3. The molecule has 1 spiro atoms. The topological polar surface area (TPSA) is 95.7 Å². The Labute approximate surface area is 225 Å². The van der Waals surface area contributed by atoms with Gasteiger partial charge >= 0.3 is 0 Å². The van der Waals surface area contributed by atoms with Crippen LogP contribution in [0.4, 0.5) is 0 Å². The zero-order chi connectivity index (χ0) is 27.1. The summed E-state index contributed by atoms with van der Waals surface area (Å²) in [4.78, 5) is 44.4. The van der Waals surface area contributed by atoms with Crippen LogP contribution in [0.2, 0.25) is 0 Å². The summed E-state index contributed by atoms with van der Waals surface area (Å²) in [6.07, 6.45) is 3.85. The second-order valence-electron chi connectivity index (χ2n) is 12.2. The molecule has 7 heteroatoms. The number of rotatable bonds is 6. The number of likely N-dealkylation sites (tertiary alicyclic amines) is 2. The van der Waals surface area contributed by atoms with Crippen molar-refractivity contribution in [2.24, 2.45) is 17.1 Å². The number of nitrogens with two attached hydrogens (primary N) is 1. The van der Waals surface area contributed by atoms with Gasteiger partial charge in [-0.3, -0.25) is 14.4 Å². The van der Waals surface area contributed by atoms with Crippen LogP contribution in [0.5, 0.6) is 0 Å². The summed E-state index contributed by atoms with van der Waals surface area (Å²) in [7, 11) is 1.86. The van der Waals surface area contributed by atoms with Crippen LogP contribution in [-0.2, 0) is 27.2 Å². The van der Waals surface area contributed by atoms with Crippen LogP contribution < -0.4 is 11.1 Å². The van der Waals surface area contributed by atoms with Gasteiger partial charge in [-0.2, -0.15) is 0 Å². The van der Waals surface area contributed by atoms with Crippen molar-refractivity contribution in [1.82, 2.24) is 15.1 Å². The maximum Gasteiger partial charge on any atom is 0.245 e. The first-order valence-corrected chi connectivity index (χ1v) is 13.8. The fraction of sp³-hybridized carbons (Fsp3) is 0.516. The molecule has 0 radical (unpaired) electrons. The summed E-state index contributed by atoms with van der Waals surface area (Å²) in [6, 6.07) is 17.9. The van der Waals surface area contributed by atoms with Crippen LogP contribution in [0.1, 0.15) is 55.7 Å². The van der Waals surface area contributed by atoms with E-state index in [9.17, 15) is 14.4 Å². The molecule has 3 atom stereocenters. The van der Waals surface area contributed by atoms with Gasteiger partial charge in [0.25, 0.3) is 0 Å². The Kier molecular flexibility index (Phi) is 7.07. The van der Waals surface area contributed by atoms with E-state index in [0.29, 0.717) is 26.1 Å². The van der Waals surface area contributed by atoms with Crippen LogP contribution in [0, 0.1) is 11.3 Å². The quantitative estimate of drug-likeness (QED) is 0.617. The Hall–Kier alpha value is -3.19. The van der Waals surface area contributed by atoms with E-state index < -0.39 is 17.0 Å². The van der Waals surface area contributed by atoms with Crippen LogP contribution in [-0.4, -0.2) is 65.8 Å². The van der Waals surface area contributed by atoms with E-state index in [1.807, 2.05) is 35.0 Å². The number of benzene rings is 2. The van der Waals surface area contributed by atoms with Gasteiger partial charge < -0.3 is 20.9 Å². The maximum absolute atomic E-state index is 14.1. The van der Waals surface area contributed by atoms with Crippen LogP contribution in [0.3, 0.4) is 0 Å². The van der Waals surface area contributed by atoms with E-state index >= 15 is 0 Å². The Morgan fingerprint density at radius 3 is 2.34 bits per heavy atom. The molecule has 2 aromatic carbocycles. The highest BCUT2D eigenvalue weighted by Gasteiger charge is 2.56. The van der Waals surface area contributed by atoms with Gasteiger partial charge in [0, 0.05) is 32.6 Å². The molecule has 2 heterocycles. The van der Waals surface area contributed by atoms with E-state index in [-0.39, 0.29) is 29.6 Å². The highest BCUT2D eigenvalue weighted by molar-refractivity contribution is 5.92. The number of carbonyl (C=O) groups excluding carboxylic acids is 3. The highest BCUT2D eigenvalue weighted by atomic mass is 16.2. The van der Waals surface area contributed by atoms with Crippen molar-refractivity contribution in [3.05, 3.63) is 71.3 Å². The van der Waals surface area contributed by atoms with Gasteiger partial charge in [0.15, 0.2) is 0 Å². The zero-order valence-corrected chi connectivity index (χ0v) is 22.8. The van der Waals surface area contributed by atoms with Crippen molar-refractivity contribution in [3.63, 3.8) is 0 Å². The summed E-state index contributed by atoms with van der Waals surface area (Å²) in [5.74, 6) is -0.0442. The smallest absolute Gasteiger partial charge is 0.245 e. The fourth-order valence-electron chi connectivity index (χ4n) is 6.84. The molecule has 3 amide bonds. The molecule has 1 aliphatic carbocycles. The lowest BCUT2D eigenvalue weighted by Gasteiger charge is -2.43. The summed E-state index contributed by atoms with van der Waals surface area (Å²) >= 11 is 0. The van der Waals surface area contributed by atoms with Crippen LogP contribution in [0.15, 0.2) is 54.6 Å². The van der Waals surface area contributed by atoms with Crippen molar-refractivity contribution >= 4 is 17.7 Å². The van der Waals surface area contributed by atoms with Gasteiger partial charge in [0.1, 0.15) is 6.04 Å². The monoisotopic (exact) mass is 516 g/mol. The molecule has 5 rings (SSSR count). The minimum atomic E-state index is -1.09. The van der Waals surface area contributed by atoms with Gasteiger partial charge in [-0.15, -0.1) is 0 Å². The average Bonchev–Trinajstić information content (AvgIpc) is 3.42. The molecule has 0 aromatic heterocycles. The molecule has 0 unspecified atom stereocenters. The van der Waals surface area contributed by atoms with E-state index in [1.165, 1.54) is 11.1 Å².